The fourth-order valence-electron chi connectivity index (χ4n) is 3.12. The molecule has 0 saturated carbocycles. The van der Waals surface area contributed by atoms with Gasteiger partial charge in [-0.25, -0.2) is 0 Å². The monoisotopic (exact) mass is 283 g/mol. The van der Waals surface area contributed by atoms with Crippen molar-refractivity contribution in [3.05, 3.63) is 48.0 Å². The van der Waals surface area contributed by atoms with Crippen LogP contribution in [0.2, 0.25) is 0 Å². The minimum absolute atomic E-state index is 0.159. The molecule has 1 aliphatic heterocycles. The van der Waals surface area contributed by atoms with Crippen LogP contribution in [0.3, 0.4) is 0 Å². The van der Waals surface area contributed by atoms with Gasteiger partial charge in [-0.05, 0) is 43.5 Å². The van der Waals surface area contributed by atoms with Crippen molar-refractivity contribution in [2.75, 3.05) is 13.2 Å². The summed E-state index contributed by atoms with van der Waals surface area (Å²) in [7, 11) is 0. The fraction of sp³-hybridized carbons (Fsp3) is 0.474. The highest BCUT2D eigenvalue weighted by Gasteiger charge is 2.31. The summed E-state index contributed by atoms with van der Waals surface area (Å²) in [5, 5.41) is 6.26. The maximum absolute atomic E-state index is 6.08. The van der Waals surface area contributed by atoms with E-state index in [1.165, 1.54) is 16.3 Å². The Kier molecular flexibility index (Phi) is 4.01. The molecule has 3 rings (SSSR count). The molecule has 0 amide bonds. The molecule has 0 radical (unpaired) electrons. The van der Waals surface area contributed by atoms with Gasteiger partial charge in [0.25, 0.3) is 0 Å². The summed E-state index contributed by atoms with van der Waals surface area (Å²) >= 11 is 0. The highest BCUT2D eigenvalue weighted by Crippen LogP contribution is 2.37. The third-order valence-corrected chi connectivity index (χ3v) is 4.24. The quantitative estimate of drug-likeness (QED) is 0.906. The van der Waals surface area contributed by atoms with Crippen LogP contribution in [0, 0.1) is 5.92 Å². The summed E-state index contributed by atoms with van der Waals surface area (Å²) in [5.74, 6) is 0.551. The second-order valence-electron chi connectivity index (χ2n) is 7.04. The largest absolute Gasteiger partial charge is 0.373 e. The molecule has 2 atom stereocenters. The van der Waals surface area contributed by atoms with Crippen LogP contribution in [0.25, 0.3) is 10.8 Å². The molecule has 1 N–H and O–H groups in total. The second-order valence-corrected chi connectivity index (χ2v) is 7.04. The van der Waals surface area contributed by atoms with Crippen LogP contribution in [0.4, 0.5) is 0 Å². The predicted molar refractivity (Wildman–Crippen MR) is 88.5 cm³/mol. The van der Waals surface area contributed by atoms with E-state index in [2.05, 4.69) is 68.6 Å². The Morgan fingerprint density at radius 3 is 2.67 bits per heavy atom. The summed E-state index contributed by atoms with van der Waals surface area (Å²) in [6, 6.07) is 15.1. The topological polar surface area (TPSA) is 21.3 Å². The van der Waals surface area contributed by atoms with E-state index in [9.17, 15) is 0 Å². The standard InChI is InChI=1S/C19H25NO/c1-19(2,3)20-13-15-11-12-21-18(15)17-10-6-8-14-7-4-5-9-16(14)17/h4-10,15,18,20H,11-13H2,1-3H3. The number of fused-ring (bicyclic) bond motifs is 1. The zero-order valence-electron chi connectivity index (χ0n) is 13.2. The van der Waals surface area contributed by atoms with Gasteiger partial charge in [0.05, 0.1) is 6.10 Å². The van der Waals surface area contributed by atoms with Crippen LogP contribution in [0.1, 0.15) is 38.9 Å². The Morgan fingerprint density at radius 1 is 1.10 bits per heavy atom. The molecule has 1 saturated heterocycles. The van der Waals surface area contributed by atoms with Crippen LogP contribution in [0.5, 0.6) is 0 Å². The van der Waals surface area contributed by atoms with Crippen molar-refractivity contribution in [2.45, 2.75) is 38.8 Å². The van der Waals surface area contributed by atoms with Gasteiger partial charge in [-0.1, -0.05) is 42.5 Å². The van der Waals surface area contributed by atoms with E-state index in [-0.39, 0.29) is 11.6 Å². The van der Waals surface area contributed by atoms with Crippen molar-refractivity contribution in [3.63, 3.8) is 0 Å². The SMILES string of the molecule is CC(C)(C)NCC1CCOC1c1cccc2ccccc12. The lowest BCUT2D eigenvalue weighted by atomic mass is 9.91. The average Bonchev–Trinajstić information content (AvgIpc) is 2.92. The minimum atomic E-state index is 0.159. The Hall–Kier alpha value is -1.38. The maximum atomic E-state index is 6.08. The van der Waals surface area contributed by atoms with Gasteiger partial charge >= 0.3 is 0 Å². The van der Waals surface area contributed by atoms with E-state index in [1.807, 2.05) is 0 Å². The van der Waals surface area contributed by atoms with Crippen molar-refractivity contribution in [3.8, 4) is 0 Å². The first-order valence-electron chi connectivity index (χ1n) is 7.89. The van der Waals surface area contributed by atoms with E-state index < -0.39 is 0 Å². The summed E-state index contributed by atoms with van der Waals surface area (Å²) < 4.78 is 6.08. The molecule has 2 aromatic carbocycles. The number of rotatable bonds is 3. The summed E-state index contributed by atoms with van der Waals surface area (Å²) in [5.41, 5.74) is 1.50. The zero-order valence-corrected chi connectivity index (χ0v) is 13.2. The normalized spacial score (nSPS) is 22.8. The lowest BCUT2D eigenvalue weighted by Crippen LogP contribution is -2.39. The molecule has 0 aliphatic carbocycles. The molecule has 2 heteroatoms. The van der Waals surface area contributed by atoms with E-state index in [0.717, 1.165) is 19.6 Å². The Morgan fingerprint density at radius 2 is 1.86 bits per heavy atom. The molecule has 21 heavy (non-hydrogen) atoms. The van der Waals surface area contributed by atoms with Gasteiger partial charge in [0, 0.05) is 24.6 Å². The molecule has 0 bridgehead atoms. The second kappa shape index (κ2) is 5.78. The minimum Gasteiger partial charge on any atom is -0.373 e. The highest BCUT2D eigenvalue weighted by atomic mass is 16.5. The highest BCUT2D eigenvalue weighted by molar-refractivity contribution is 5.86. The Labute approximate surface area is 127 Å². The molecule has 112 valence electrons. The molecule has 0 aromatic heterocycles. The summed E-state index contributed by atoms with van der Waals surface area (Å²) in [4.78, 5) is 0. The van der Waals surface area contributed by atoms with Crippen molar-refractivity contribution in [1.82, 2.24) is 5.32 Å². The third kappa shape index (κ3) is 3.28. The van der Waals surface area contributed by atoms with E-state index in [0.29, 0.717) is 5.92 Å². The Bertz CT molecular complexity index is 609. The maximum Gasteiger partial charge on any atom is 0.0872 e. The molecule has 0 spiro atoms. The van der Waals surface area contributed by atoms with Gasteiger partial charge in [-0.15, -0.1) is 0 Å². The van der Waals surface area contributed by atoms with Gasteiger partial charge < -0.3 is 10.1 Å². The zero-order chi connectivity index (χ0) is 14.9. The summed E-state index contributed by atoms with van der Waals surface area (Å²) in [6.45, 7) is 8.53. The molecule has 2 unspecified atom stereocenters. The first-order chi connectivity index (χ1) is 10.0. The van der Waals surface area contributed by atoms with Gasteiger partial charge in [-0.2, -0.15) is 0 Å². The number of ether oxygens (including phenoxy) is 1. The van der Waals surface area contributed by atoms with Crippen molar-refractivity contribution < 1.29 is 4.74 Å². The molecule has 2 aromatic rings. The van der Waals surface area contributed by atoms with Crippen molar-refractivity contribution in [1.29, 1.82) is 0 Å². The molecular weight excluding hydrogens is 258 g/mol. The average molecular weight is 283 g/mol. The Balaban J connectivity index is 1.87. The predicted octanol–water partition coefficient (Wildman–Crippen LogP) is 4.31. The van der Waals surface area contributed by atoms with Crippen LogP contribution in [-0.2, 0) is 4.74 Å². The first kappa shape index (κ1) is 14.6. The fourth-order valence-corrected chi connectivity index (χ4v) is 3.12. The smallest absolute Gasteiger partial charge is 0.0872 e. The van der Waals surface area contributed by atoms with Gasteiger partial charge in [0.15, 0.2) is 0 Å². The lowest BCUT2D eigenvalue weighted by Gasteiger charge is -2.26. The van der Waals surface area contributed by atoms with Gasteiger partial charge in [0.1, 0.15) is 0 Å². The molecule has 1 aliphatic rings. The number of nitrogens with one attached hydrogen (secondary N) is 1. The van der Waals surface area contributed by atoms with E-state index in [4.69, 9.17) is 4.74 Å². The number of hydrogen-bond acceptors (Lipinski definition) is 2. The molecule has 2 nitrogen and oxygen atoms in total. The number of hydrogen-bond donors (Lipinski definition) is 1. The van der Waals surface area contributed by atoms with Crippen molar-refractivity contribution >= 4 is 10.8 Å². The van der Waals surface area contributed by atoms with Crippen LogP contribution in [-0.4, -0.2) is 18.7 Å². The van der Waals surface area contributed by atoms with E-state index >= 15 is 0 Å². The van der Waals surface area contributed by atoms with Crippen LogP contribution < -0.4 is 5.32 Å². The molecular formula is C19H25NO. The first-order valence-corrected chi connectivity index (χ1v) is 7.89. The van der Waals surface area contributed by atoms with Crippen LogP contribution >= 0.6 is 0 Å². The molecule has 1 heterocycles. The van der Waals surface area contributed by atoms with Crippen LogP contribution in [0.15, 0.2) is 42.5 Å². The molecule has 1 fully saturated rings. The lowest BCUT2D eigenvalue weighted by molar-refractivity contribution is 0.0901. The van der Waals surface area contributed by atoms with Gasteiger partial charge in [-0.3, -0.25) is 0 Å². The number of benzene rings is 2. The third-order valence-electron chi connectivity index (χ3n) is 4.24. The van der Waals surface area contributed by atoms with Gasteiger partial charge in [0.2, 0.25) is 0 Å². The van der Waals surface area contributed by atoms with E-state index in [1.54, 1.807) is 0 Å². The summed E-state index contributed by atoms with van der Waals surface area (Å²) in [6.07, 6.45) is 1.35. The van der Waals surface area contributed by atoms with Crippen molar-refractivity contribution in [2.24, 2.45) is 5.92 Å².